The number of hydrogen-bond acceptors (Lipinski definition) is 2. The summed E-state index contributed by atoms with van der Waals surface area (Å²) in [5.74, 6) is -0.531. The fourth-order valence-corrected chi connectivity index (χ4v) is 3.73. The Balaban J connectivity index is 1.70. The highest BCUT2D eigenvalue weighted by Gasteiger charge is 2.47. The van der Waals surface area contributed by atoms with Gasteiger partial charge in [-0.2, -0.15) is 0 Å². The molecule has 6 heteroatoms. The molecular formula is C24H21BrN3O2+. The molecule has 3 aromatic carbocycles. The van der Waals surface area contributed by atoms with Crippen LogP contribution in [0.1, 0.15) is 33.1 Å². The van der Waals surface area contributed by atoms with Crippen molar-refractivity contribution in [3.63, 3.8) is 0 Å². The Labute approximate surface area is 183 Å². The quantitative estimate of drug-likeness (QED) is 0.579. The normalized spacial score (nSPS) is 19.5. The summed E-state index contributed by atoms with van der Waals surface area (Å²) in [6, 6.07) is 23.6. The lowest BCUT2D eigenvalue weighted by Gasteiger charge is -2.15. The number of carbonyl (C=O) groups is 2. The number of amides is 2. The van der Waals surface area contributed by atoms with Gasteiger partial charge in [0.05, 0.1) is 0 Å². The number of halogens is 1. The molecular weight excluding hydrogens is 442 g/mol. The lowest BCUT2D eigenvalue weighted by Crippen LogP contribution is -2.42. The third-order valence-corrected chi connectivity index (χ3v) is 5.57. The van der Waals surface area contributed by atoms with Gasteiger partial charge in [0.1, 0.15) is 0 Å². The van der Waals surface area contributed by atoms with E-state index in [4.69, 9.17) is 0 Å². The molecule has 5 nitrogen and oxygen atoms in total. The van der Waals surface area contributed by atoms with Gasteiger partial charge in [0.2, 0.25) is 12.3 Å². The molecule has 4 rings (SSSR count). The molecule has 1 aliphatic heterocycles. The summed E-state index contributed by atoms with van der Waals surface area (Å²) in [6.45, 7) is 2.02. The summed E-state index contributed by atoms with van der Waals surface area (Å²) in [5, 5.41) is 2.91. The second-order valence-corrected chi connectivity index (χ2v) is 8.15. The molecule has 0 spiro atoms. The van der Waals surface area contributed by atoms with E-state index >= 15 is 0 Å². The van der Waals surface area contributed by atoms with Gasteiger partial charge in [-0.05, 0) is 43.3 Å². The molecule has 0 bridgehead atoms. The average molecular weight is 463 g/mol. The zero-order chi connectivity index (χ0) is 21.1. The number of nitrogens with zero attached hydrogens (tertiary/aromatic N) is 1. The van der Waals surface area contributed by atoms with Crippen LogP contribution in [-0.2, 0) is 4.79 Å². The molecule has 0 aromatic heterocycles. The number of hydrogen-bond donors (Lipinski definition) is 2. The van der Waals surface area contributed by atoms with E-state index in [0.717, 1.165) is 21.2 Å². The molecule has 1 heterocycles. The molecule has 1 fully saturated rings. The highest BCUT2D eigenvalue weighted by Crippen LogP contribution is 2.26. The van der Waals surface area contributed by atoms with Crippen LogP contribution < -0.4 is 10.7 Å². The zero-order valence-corrected chi connectivity index (χ0v) is 18.0. The minimum atomic E-state index is -0.730. The van der Waals surface area contributed by atoms with Crippen LogP contribution in [0.3, 0.4) is 0 Å². The Morgan fingerprint density at radius 3 is 2.33 bits per heavy atom. The van der Waals surface area contributed by atoms with Crippen LogP contribution in [0.2, 0.25) is 0 Å². The second-order valence-electron chi connectivity index (χ2n) is 7.24. The van der Waals surface area contributed by atoms with E-state index in [-0.39, 0.29) is 17.9 Å². The summed E-state index contributed by atoms with van der Waals surface area (Å²) < 4.78 is 2.75. The first-order valence-electron chi connectivity index (χ1n) is 9.63. The van der Waals surface area contributed by atoms with Crippen LogP contribution in [0, 0.1) is 6.92 Å². The van der Waals surface area contributed by atoms with Crippen LogP contribution in [0.4, 0.5) is 0 Å². The third-order valence-electron chi connectivity index (χ3n) is 5.04. The highest BCUT2D eigenvalue weighted by atomic mass is 79.9. The van der Waals surface area contributed by atoms with E-state index in [0.29, 0.717) is 5.56 Å². The molecule has 2 amide bonds. The van der Waals surface area contributed by atoms with Gasteiger partial charge in [0.15, 0.2) is 6.04 Å². The molecule has 150 valence electrons. The maximum Gasteiger partial charge on any atom is 0.304 e. The number of carbonyl (C=O) groups excluding carboxylic acids is 2. The van der Waals surface area contributed by atoms with E-state index in [1.165, 1.54) is 0 Å². The van der Waals surface area contributed by atoms with E-state index in [2.05, 4.69) is 26.7 Å². The van der Waals surface area contributed by atoms with Crippen LogP contribution in [0.15, 0.2) is 83.3 Å². The number of benzene rings is 3. The molecule has 0 unspecified atom stereocenters. The predicted molar refractivity (Wildman–Crippen MR) is 119 cm³/mol. The lowest BCUT2D eigenvalue weighted by molar-refractivity contribution is -0.596. The maximum atomic E-state index is 12.9. The molecule has 3 aromatic rings. The van der Waals surface area contributed by atoms with Crippen LogP contribution >= 0.6 is 15.9 Å². The molecule has 0 radical (unpaired) electrons. The molecule has 0 aliphatic carbocycles. The zero-order valence-electron chi connectivity index (χ0n) is 16.4. The standard InChI is InChI=1S/C24H20BrN3O2/c1-16-7-11-18(12-8-16)22-21(26-23(29)19-5-3-2-4-6-19)24(30)27-28(22)15-17-9-13-20(25)14-10-17/h2-15,21-22H,1H3,(H-,26,27,29,30)/p+1/b28-15-/t21-,22-/m0/s1. The minimum Gasteiger partial charge on any atom is -0.334 e. The number of rotatable bonds is 4. The Morgan fingerprint density at radius 1 is 1.00 bits per heavy atom. The highest BCUT2D eigenvalue weighted by molar-refractivity contribution is 9.10. The Bertz CT molecular complexity index is 1090. The van der Waals surface area contributed by atoms with Crippen LogP contribution in [0.5, 0.6) is 0 Å². The first-order valence-corrected chi connectivity index (χ1v) is 10.4. The van der Waals surface area contributed by atoms with Crippen LogP contribution in [0.25, 0.3) is 0 Å². The van der Waals surface area contributed by atoms with E-state index in [1.54, 1.807) is 28.9 Å². The number of nitrogens with one attached hydrogen (secondary N) is 2. The van der Waals surface area contributed by atoms with E-state index in [1.807, 2.05) is 67.7 Å². The Kier molecular flexibility index (Phi) is 5.77. The minimum absolute atomic E-state index is 0.252. The first-order chi connectivity index (χ1) is 14.5. The van der Waals surface area contributed by atoms with Gasteiger partial charge in [0.25, 0.3) is 5.91 Å². The fourth-order valence-electron chi connectivity index (χ4n) is 3.47. The second kappa shape index (κ2) is 8.63. The van der Waals surface area contributed by atoms with Crippen molar-refractivity contribution < 1.29 is 14.3 Å². The summed E-state index contributed by atoms with van der Waals surface area (Å²) in [5.41, 5.74) is 6.42. The van der Waals surface area contributed by atoms with Crippen molar-refractivity contribution in [3.8, 4) is 0 Å². The van der Waals surface area contributed by atoms with Gasteiger partial charge in [0, 0.05) is 21.2 Å². The van der Waals surface area contributed by atoms with Crippen molar-refractivity contribution in [2.75, 3.05) is 0 Å². The topological polar surface area (TPSA) is 61.2 Å². The largest absolute Gasteiger partial charge is 0.334 e. The van der Waals surface area contributed by atoms with Gasteiger partial charge in [-0.3, -0.25) is 9.59 Å². The molecule has 1 aliphatic rings. The fraction of sp³-hybridized carbons (Fsp3) is 0.125. The third kappa shape index (κ3) is 4.33. The van der Waals surface area contributed by atoms with Gasteiger partial charge in [-0.25, -0.2) is 0 Å². The van der Waals surface area contributed by atoms with Gasteiger partial charge in [-0.15, -0.1) is 10.1 Å². The van der Waals surface area contributed by atoms with Crippen molar-refractivity contribution in [2.24, 2.45) is 0 Å². The summed E-state index contributed by atoms with van der Waals surface area (Å²) in [4.78, 5) is 25.6. The van der Waals surface area contributed by atoms with Crippen molar-refractivity contribution in [3.05, 3.63) is 106 Å². The molecule has 0 saturated carbocycles. The molecule has 2 N–H and O–H groups in total. The Hall–Kier alpha value is -3.25. The SMILES string of the molecule is Cc1ccc([C@H]2[C@H](NC(=O)c3ccccc3)C(=O)N/[N+]2=C\c2ccc(Br)cc2)cc1. The van der Waals surface area contributed by atoms with Gasteiger partial charge in [-0.1, -0.05) is 64.0 Å². The summed E-state index contributed by atoms with van der Waals surface area (Å²) >= 11 is 3.44. The van der Waals surface area contributed by atoms with Crippen molar-refractivity contribution in [1.29, 1.82) is 0 Å². The van der Waals surface area contributed by atoms with E-state index < -0.39 is 6.04 Å². The molecule has 30 heavy (non-hydrogen) atoms. The van der Waals surface area contributed by atoms with Crippen molar-refractivity contribution in [2.45, 2.75) is 19.0 Å². The van der Waals surface area contributed by atoms with Gasteiger partial charge >= 0.3 is 5.91 Å². The van der Waals surface area contributed by atoms with Crippen molar-refractivity contribution in [1.82, 2.24) is 10.7 Å². The molecule has 1 saturated heterocycles. The number of hydrazone groups is 1. The predicted octanol–water partition coefficient (Wildman–Crippen LogP) is 3.77. The Morgan fingerprint density at radius 2 is 1.67 bits per heavy atom. The average Bonchev–Trinajstić information content (AvgIpc) is 3.05. The van der Waals surface area contributed by atoms with E-state index in [9.17, 15) is 9.59 Å². The number of hydrazine groups is 1. The maximum absolute atomic E-state index is 12.9. The first kappa shape index (κ1) is 20.0. The van der Waals surface area contributed by atoms with Gasteiger partial charge < -0.3 is 5.32 Å². The number of aryl methyl sites for hydroxylation is 1. The summed E-state index contributed by atoms with van der Waals surface area (Å²) in [7, 11) is 0. The smallest absolute Gasteiger partial charge is 0.304 e. The lowest BCUT2D eigenvalue weighted by atomic mass is 9.98. The van der Waals surface area contributed by atoms with Crippen molar-refractivity contribution >= 4 is 34.0 Å². The monoisotopic (exact) mass is 462 g/mol. The summed E-state index contributed by atoms with van der Waals surface area (Å²) in [6.07, 6.45) is 1.88. The molecule has 2 atom stereocenters. The van der Waals surface area contributed by atoms with Crippen LogP contribution in [-0.4, -0.2) is 28.8 Å².